The summed E-state index contributed by atoms with van der Waals surface area (Å²) in [6.45, 7) is 1.57. The van der Waals surface area contributed by atoms with Gasteiger partial charge in [0.1, 0.15) is 0 Å². The number of carbonyl (C=O) groups is 2. The Labute approximate surface area is 166 Å². The predicted octanol–water partition coefficient (Wildman–Crippen LogP) is 3.97. The molecule has 0 saturated heterocycles. The van der Waals surface area contributed by atoms with E-state index < -0.39 is 11.9 Å². The molecule has 7 heteroatoms. The highest BCUT2D eigenvalue weighted by molar-refractivity contribution is 9.10. The molecule has 0 fully saturated rings. The van der Waals surface area contributed by atoms with E-state index in [9.17, 15) is 9.59 Å². The lowest BCUT2D eigenvalue weighted by atomic mass is 10.2. The molecule has 142 valence electrons. The normalized spacial score (nSPS) is 10.5. The highest BCUT2D eigenvalue weighted by Crippen LogP contribution is 2.28. The number of hydrogen-bond acceptors (Lipinski definition) is 5. The van der Waals surface area contributed by atoms with E-state index in [4.69, 9.17) is 14.2 Å². The van der Waals surface area contributed by atoms with Crippen molar-refractivity contribution in [2.75, 3.05) is 26.1 Å². The van der Waals surface area contributed by atoms with Gasteiger partial charge in [-0.05, 0) is 64.3 Å². The highest BCUT2D eigenvalue weighted by Gasteiger charge is 2.08. The van der Waals surface area contributed by atoms with Crippen molar-refractivity contribution in [1.82, 2.24) is 0 Å². The summed E-state index contributed by atoms with van der Waals surface area (Å²) in [4.78, 5) is 23.7. The van der Waals surface area contributed by atoms with Gasteiger partial charge in [-0.3, -0.25) is 4.79 Å². The van der Waals surface area contributed by atoms with Crippen LogP contribution >= 0.6 is 15.9 Å². The molecule has 0 saturated carbocycles. The molecule has 0 atom stereocenters. The predicted molar refractivity (Wildman–Crippen MR) is 107 cm³/mol. The molecular formula is C20H20BrNO5. The van der Waals surface area contributed by atoms with Crippen LogP contribution < -0.4 is 14.8 Å². The van der Waals surface area contributed by atoms with Gasteiger partial charge >= 0.3 is 5.97 Å². The largest absolute Gasteiger partial charge is 0.493 e. The summed E-state index contributed by atoms with van der Waals surface area (Å²) in [5.41, 5.74) is 2.41. The molecule has 1 N–H and O–H groups in total. The van der Waals surface area contributed by atoms with Gasteiger partial charge in [0, 0.05) is 10.5 Å². The molecule has 0 heterocycles. The van der Waals surface area contributed by atoms with Crippen LogP contribution in [-0.4, -0.2) is 32.7 Å². The van der Waals surface area contributed by atoms with Gasteiger partial charge < -0.3 is 19.5 Å². The van der Waals surface area contributed by atoms with E-state index in [0.717, 1.165) is 15.6 Å². The van der Waals surface area contributed by atoms with Crippen LogP contribution in [-0.2, 0) is 14.3 Å². The number of aryl methyl sites for hydroxylation is 1. The van der Waals surface area contributed by atoms with Crippen molar-refractivity contribution in [3.63, 3.8) is 0 Å². The maximum atomic E-state index is 11.9. The second-order valence-electron chi connectivity index (χ2n) is 5.59. The zero-order chi connectivity index (χ0) is 19.8. The Kier molecular flexibility index (Phi) is 7.43. The van der Waals surface area contributed by atoms with Crippen molar-refractivity contribution in [2.24, 2.45) is 0 Å². The molecule has 0 aliphatic heterocycles. The van der Waals surface area contributed by atoms with Gasteiger partial charge in [0.25, 0.3) is 5.91 Å². The number of methoxy groups -OCH3 is 2. The van der Waals surface area contributed by atoms with E-state index in [1.54, 1.807) is 37.5 Å². The molecule has 0 spiro atoms. The van der Waals surface area contributed by atoms with E-state index in [0.29, 0.717) is 17.2 Å². The van der Waals surface area contributed by atoms with E-state index >= 15 is 0 Å². The smallest absolute Gasteiger partial charge is 0.331 e. The van der Waals surface area contributed by atoms with Crippen LogP contribution in [0.3, 0.4) is 0 Å². The molecule has 0 radical (unpaired) electrons. The van der Waals surface area contributed by atoms with E-state index in [-0.39, 0.29) is 6.61 Å². The standard InChI is InChI=1S/C20H20BrNO5/c1-13-4-7-16(15(21)10-13)22-19(23)12-27-20(24)9-6-14-5-8-17(25-2)18(11-14)26-3/h4-11H,12H2,1-3H3,(H,22,23). The minimum absolute atomic E-state index is 0.380. The minimum Gasteiger partial charge on any atom is -0.493 e. The first-order valence-corrected chi connectivity index (χ1v) is 8.85. The zero-order valence-corrected chi connectivity index (χ0v) is 16.8. The third kappa shape index (κ3) is 6.14. The lowest BCUT2D eigenvalue weighted by Gasteiger charge is -2.08. The van der Waals surface area contributed by atoms with Crippen molar-refractivity contribution in [2.45, 2.75) is 6.92 Å². The first-order valence-electron chi connectivity index (χ1n) is 8.06. The Morgan fingerprint density at radius 1 is 1.07 bits per heavy atom. The SMILES string of the molecule is COc1ccc(C=CC(=O)OCC(=O)Nc2ccc(C)cc2Br)cc1OC. The fraction of sp³-hybridized carbons (Fsp3) is 0.200. The topological polar surface area (TPSA) is 73.9 Å². The van der Waals surface area contributed by atoms with Crippen LogP contribution in [0.15, 0.2) is 46.9 Å². The van der Waals surface area contributed by atoms with Gasteiger partial charge in [0.2, 0.25) is 0 Å². The third-order valence-electron chi connectivity index (χ3n) is 3.56. The number of hydrogen-bond donors (Lipinski definition) is 1. The van der Waals surface area contributed by atoms with E-state index in [1.165, 1.54) is 13.2 Å². The van der Waals surface area contributed by atoms with Gasteiger partial charge in [-0.25, -0.2) is 4.79 Å². The number of benzene rings is 2. The Bertz CT molecular complexity index is 863. The van der Waals surface area contributed by atoms with Crippen LogP contribution in [0.5, 0.6) is 11.5 Å². The maximum Gasteiger partial charge on any atom is 0.331 e. The quantitative estimate of drug-likeness (QED) is 0.528. The molecule has 0 bridgehead atoms. The summed E-state index contributed by atoms with van der Waals surface area (Å²) in [5.74, 6) is 0.0996. The lowest BCUT2D eigenvalue weighted by molar-refractivity contribution is -0.142. The second-order valence-corrected chi connectivity index (χ2v) is 6.44. The number of halogens is 1. The van der Waals surface area contributed by atoms with Gasteiger partial charge in [-0.1, -0.05) is 12.1 Å². The molecule has 2 aromatic rings. The fourth-order valence-electron chi connectivity index (χ4n) is 2.21. The van der Waals surface area contributed by atoms with Crippen molar-refractivity contribution in [1.29, 1.82) is 0 Å². The molecule has 2 rings (SSSR count). The van der Waals surface area contributed by atoms with Crippen LogP contribution in [0.25, 0.3) is 6.08 Å². The molecule has 27 heavy (non-hydrogen) atoms. The van der Waals surface area contributed by atoms with Crippen LogP contribution in [0.2, 0.25) is 0 Å². The number of amides is 1. The molecule has 0 aliphatic carbocycles. The van der Waals surface area contributed by atoms with Crippen LogP contribution in [0.1, 0.15) is 11.1 Å². The number of carbonyl (C=O) groups excluding carboxylic acids is 2. The number of rotatable bonds is 7. The summed E-state index contributed by atoms with van der Waals surface area (Å²) < 4.78 is 16.1. The first-order chi connectivity index (χ1) is 12.9. The number of anilines is 1. The van der Waals surface area contributed by atoms with Gasteiger partial charge in [0.05, 0.1) is 19.9 Å². The monoisotopic (exact) mass is 433 g/mol. The molecule has 0 aromatic heterocycles. The number of esters is 1. The maximum absolute atomic E-state index is 11.9. The van der Waals surface area contributed by atoms with Gasteiger partial charge in [0.15, 0.2) is 18.1 Å². The van der Waals surface area contributed by atoms with E-state index in [1.807, 2.05) is 19.1 Å². The second kappa shape index (κ2) is 9.78. The summed E-state index contributed by atoms with van der Waals surface area (Å²) in [6.07, 6.45) is 2.81. The molecule has 0 unspecified atom stereocenters. The average molecular weight is 434 g/mol. The van der Waals surface area contributed by atoms with E-state index in [2.05, 4.69) is 21.2 Å². The Hall–Kier alpha value is -2.80. The van der Waals surface area contributed by atoms with Crippen LogP contribution in [0, 0.1) is 6.92 Å². The lowest BCUT2D eigenvalue weighted by Crippen LogP contribution is -2.20. The molecular weight excluding hydrogens is 414 g/mol. The van der Waals surface area contributed by atoms with Crippen molar-refractivity contribution >= 4 is 39.6 Å². The van der Waals surface area contributed by atoms with Crippen molar-refractivity contribution in [3.8, 4) is 11.5 Å². The Balaban J connectivity index is 1.88. The molecule has 6 nitrogen and oxygen atoms in total. The molecule has 1 amide bonds. The van der Waals surface area contributed by atoms with Crippen molar-refractivity contribution in [3.05, 3.63) is 58.1 Å². The fourth-order valence-corrected chi connectivity index (χ4v) is 2.81. The summed E-state index contributed by atoms with van der Waals surface area (Å²) in [6, 6.07) is 10.8. The summed E-state index contributed by atoms with van der Waals surface area (Å²) in [5, 5.41) is 2.68. The van der Waals surface area contributed by atoms with Crippen molar-refractivity contribution < 1.29 is 23.8 Å². The molecule has 0 aliphatic rings. The first kappa shape index (κ1) is 20.5. The Morgan fingerprint density at radius 3 is 2.48 bits per heavy atom. The minimum atomic E-state index is -0.622. The Morgan fingerprint density at radius 2 is 1.81 bits per heavy atom. The summed E-state index contributed by atoms with van der Waals surface area (Å²) >= 11 is 3.38. The average Bonchev–Trinajstić information content (AvgIpc) is 2.66. The third-order valence-corrected chi connectivity index (χ3v) is 4.22. The number of nitrogens with one attached hydrogen (secondary N) is 1. The number of ether oxygens (including phenoxy) is 3. The van der Waals surface area contributed by atoms with Gasteiger partial charge in [-0.15, -0.1) is 0 Å². The zero-order valence-electron chi connectivity index (χ0n) is 15.2. The molecule has 2 aromatic carbocycles. The van der Waals surface area contributed by atoms with Gasteiger partial charge in [-0.2, -0.15) is 0 Å². The highest BCUT2D eigenvalue weighted by atomic mass is 79.9. The summed E-state index contributed by atoms with van der Waals surface area (Å²) in [7, 11) is 3.08. The van der Waals surface area contributed by atoms with Crippen LogP contribution in [0.4, 0.5) is 5.69 Å².